The summed E-state index contributed by atoms with van der Waals surface area (Å²) in [7, 11) is 0. The first kappa shape index (κ1) is 21.9. The molecule has 0 aromatic heterocycles. The highest BCUT2D eigenvalue weighted by Crippen LogP contribution is 2.38. The van der Waals surface area contributed by atoms with Crippen LogP contribution < -0.4 is 16.8 Å². The maximum absolute atomic E-state index is 12.5. The van der Waals surface area contributed by atoms with E-state index in [0.29, 0.717) is 16.9 Å². The Labute approximate surface area is 184 Å². The number of thioether (sulfide) groups is 1. The van der Waals surface area contributed by atoms with Crippen LogP contribution in [0.2, 0.25) is 0 Å². The molecule has 0 heterocycles. The summed E-state index contributed by atoms with van der Waals surface area (Å²) in [5, 5.41) is 11.9. The summed E-state index contributed by atoms with van der Waals surface area (Å²) in [6.07, 6.45) is 0.0132. The first-order valence-electron chi connectivity index (χ1n) is 9.45. The van der Waals surface area contributed by atoms with Crippen molar-refractivity contribution in [1.82, 2.24) is 0 Å². The summed E-state index contributed by atoms with van der Waals surface area (Å²) >= 11 is 1.47. The molecule has 8 heteroatoms. The van der Waals surface area contributed by atoms with E-state index < -0.39 is 5.97 Å². The number of nitrogens with one attached hydrogen (secondary N) is 1. The minimum Gasteiger partial charge on any atom is -0.481 e. The smallest absolute Gasteiger partial charge is 0.304 e. The van der Waals surface area contributed by atoms with Crippen molar-refractivity contribution in [2.45, 2.75) is 16.6 Å². The average Bonchev–Trinajstić information content (AvgIpc) is 2.74. The van der Waals surface area contributed by atoms with E-state index in [1.165, 1.54) is 11.8 Å². The monoisotopic (exact) mass is 434 g/mol. The maximum Gasteiger partial charge on any atom is 0.304 e. The summed E-state index contributed by atoms with van der Waals surface area (Å²) in [4.78, 5) is 28.7. The molecule has 31 heavy (non-hydrogen) atoms. The standard InChI is InChI=1S/C23H22N4O3S/c24-23(25)27-18-8-4-7-16(13-18)22(30)26-17-9-11-19(12-10-17)31-20(14-21(28)29)15-5-2-1-3-6-15/h1-13,20H,14H2,(H,26,30)(H,28,29)(H4,24,25,27). The fourth-order valence-corrected chi connectivity index (χ4v) is 4.04. The number of hydrogen-bond donors (Lipinski definition) is 4. The van der Waals surface area contributed by atoms with Gasteiger partial charge in [0, 0.05) is 21.4 Å². The number of aliphatic carboxylic acids is 1. The normalized spacial score (nSPS) is 11.4. The van der Waals surface area contributed by atoms with E-state index in [0.717, 1.165) is 10.5 Å². The number of carboxylic acids is 1. The number of carbonyl (C=O) groups is 2. The molecule has 1 atom stereocenters. The van der Waals surface area contributed by atoms with E-state index in [-0.39, 0.29) is 23.5 Å². The van der Waals surface area contributed by atoms with Crippen LogP contribution in [0.1, 0.15) is 27.6 Å². The molecule has 3 aromatic carbocycles. The Morgan fingerprint density at radius 3 is 2.32 bits per heavy atom. The van der Waals surface area contributed by atoms with Gasteiger partial charge in [-0.3, -0.25) is 9.59 Å². The van der Waals surface area contributed by atoms with Crippen LogP contribution in [0.4, 0.5) is 11.4 Å². The van der Waals surface area contributed by atoms with E-state index in [9.17, 15) is 14.7 Å². The number of nitrogens with zero attached hydrogens (tertiary/aromatic N) is 1. The van der Waals surface area contributed by atoms with Crippen LogP contribution in [0, 0.1) is 0 Å². The van der Waals surface area contributed by atoms with Crippen LogP contribution >= 0.6 is 11.8 Å². The predicted octanol–water partition coefficient (Wildman–Crippen LogP) is 4.15. The minimum atomic E-state index is -0.854. The number of carbonyl (C=O) groups excluding carboxylic acids is 1. The van der Waals surface area contributed by atoms with Crippen molar-refractivity contribution in [3.05, 3.63) is 90.0 Å². The Kier molecular flexibility index (Phi) is 7.29. The molecule has 0 aliphatic heterocycles. The molecule has 3 rings (SSSR count). The number of guanidine groups is 1. The number of anilines is 1. The van der Waals surface area contributed by atoms with Gasteiger partial charge in [0.15, 0.2) is 5.96 Å². The van der Waals surface area contributed by atoms with Gasteiger partial charge in [0.1, 0.15) is 0 Å². The van der Waals surface area contributed by atoms with Gasteiger partial charge in [-0.2, -0.15) is 0 Å². The van der Waals surface area contributed by atoms with E-state index in [1.807, 2.05) is 42.5 Å². The van der Waals surface area contributed by atoms with Crippen molar-refractivity contribution >= 4 is 41.0 Å². The lowest BCUT2D eigenvalue weighted by Crippen LogP contribution is -2.21. The zero-order valence-electron chi connectivity index (χ0n) is 16.6. The molecule has 0 spiro atoms. The number of carboxylic acid groups (broad SMARTS) is 1. The van der Waals surface area contributed by atoms with Gasteiger partial charge in [0.2, 0.25) is 0 Å². The third-order valence-corrected chi connectivity index (χ3v) is 5.56. The first-order chi connectivity index (χ1) is 14.9. The fraction of sp³-hybridized carbons (Fsp3) is 0.0870. The van der Waals surface area contributed by atoms with Crippen LogP contribution in [0.25, 0.3) is 0 Å². The van der Waals surface area contributed by atoms with Gasteiger partial charge < -0.3 is 21.9 Å². The van der Waals surface area contributed by atoms with Crippen molar-refractivity contribution in [2.24, 2.45) is 16.5 Å². The molecule has 0 saturated carbocycles. The Morgan fingerprint density at radius 2 is 1.68 bits per heavy atom. The van der Waals surface area contributed by atoms with Crippen LogP contribution in [-0.4, -0.2) is 22.9 Å². The largest absolute Gasteiger partial charge is 0.481 e. The Balaban J connectivity index is 1.69. The van der Waals surface area contributed by atoms with Crippen LogP contribution in [0.15, 0.2) is 88.8 Å². The van der Waals surface area contributed by atoms with Crippen molar-refractivity contribution < 1.29 is 14.7 Å². The minimum absolute atomic E-state index is 0.0132. The third-order valence-electron chi connectivity index (χ3n) is 4.29. The highest BCUT2D eigenvalue weighted by atomic mass is 32.2. The zero-order valence-corrected chi connectivity index (χ0v) is 17.4. The lowest BCUT2D eigenvalue weighted by Gasteiger charge is -2.15. The van der Waals surface area contributed by atoms with Crippen molar-refractivity contribution in [3.63, 3.8) is 0 Å². The summed E-state index contributed by atoms with van der Waals surface area (Å²) in [6, 6.07) is 23.5. The Hall–Kier alpha value is -3.78. The summed E-state index contributed by atoms with van der Waals surface area (Å²) in [5.74, 6) is -1.23. The average molecular weight is 435 g/mol. The topological polar surface area (TPSA) is 131 Å². The number of hydrogen-bond acceptors (Lipinski definition) is 4. The molecule has 3 aromatic rings. The van der Waals surface area contributed by atoms with E-state index in [1.54, 1.807) is 36.4 Å². The Morgan fingerprint density at radius 1 is 0.968 bits per heavy atom. The third kappa shape index (κ3) is 6.61. The first-order valence-corrected chi connectivity index (χ1v) is 10.3. The molecular formula is C23H22N4O3S. The number of rotatable bonds is 8. The van der Waals surface area contributed by atoms with Gasteiger partial charge in [-0.1, -0.05) is 36.4 Å². The van der Waals surface area contributed by atoms with Gasteiger partial charge in [-0.15, -0.1) is 11.8 Å². The zero-order chi connectivity index (χ0) is 22.2. The lowest BCUT2D eigenvalue weighted by molar-refractivity contribution is -0.137. The van der Waals surface area contributed by atoms with E-state index >= 15 is 0 Å². The molecular weight excluding hydrogens is 412 g/mol. The van der Waals surface area contributed by atoms with Crippen molar-refractivity contribution in [1.29, 1.82) is 0 Å². The Bertz CT molecular complexity index is 1080. The quantitative estimate of drug-likeness (QED) is 0.239. The summed E-state index contributed by atoms with van der Waals surface area (Å²) in [6.45, 7) is 0. The molecule has 7 nitrogen and oxygen atoms in total. The molecule has 0 aliphatic carbocycles. The fourth-order valence-electron chi connectivity index (χ4n) is 2.90. The molecule has 1 unspecified atom stereocenters. The van der Waals surface area contributed by atoms with Crippen molar-refractivity contribution in [2.75, 3.05) is 5.32 Å². The van der Waals surface area contributed by atoms with Gasteiger partial charge in [-0.05, 0) is 48.0 Å². The highest BCUT2D eigenvalue weighted by molar-refractivity contribution is 7.99. The summed E-state index contributed by atoms with van der Waals surface area (Å²) in [5.41, 5.74) is 13.2. The number of nitrogens with two attached hydrogens (primary N) is 2. The molecule has 6 N–H and O–H groups in total. The molecule has 158 valence electrons. The van der Waals surface area contributed by atoms with Gasteiger partial charge >= 0.3 is 5.97 Å². The maximum atomic E-state index is 12.5. The van der Waals surface area contributed by atoms with Crippen LogP contribution in [-0.2, 0) is 4.79 Å². The molecule has 0 aliphatic rings. The molecule has 0 radical (unpaired) electrons. The molecule has 0 bridgehead atoms. The second kappa shape index (κ2) is 10.3. The highest BCUT2D eigenvalue weighted by Gasteiger charge is 2.17. The molecule has 0 fully saturated rings. The second-order valence-electron chi connectivity index (χ2n) is 6.68. The predicted molar refractivity (Wildman–Crippen MR) is 124 cm³/mol. The van der Waals surface area contributed by atoms with Gasteiger partial charge in [0.25, 0.3) is 5.91 Å². The number of aliphatic imine (C=N–C) groups is 1. The van der Waals surface area contributed by atoms with E-state index in [2.05, 4.69) is 10.3 Å². The molecule has 0 saturated heterocycles. The van der Waals surface area contributed by atoms with Gasteiger partial charge in [-0.25, -0.2) is 4.99 Å². The number of benzene rings is 3. The molecule has 1 amide bonds. The van der Waals surface area contributed by atoms with Crippen molar-refractivity contribution in [3.8, 4) is 0 Å². The van der Waals surface area contributed by atoms with Crippen LogP contribution in [0.5, 0.6) is 0 Å². The lowest BCUT2D eigenvalue weighted by atomic mass is 10.1. The second-order valence-corrected chi connectivity index (χ2v) is 7.96. The van der Waals surface area contributed by atoms with E-state index in [4.69, 9.17) is 11.5 Å². The van der Waals surface area contributed by atoms with Crippen LogP contribution in [0.3, 0.4) is 0 Å². The van der Waals surface area contributed by atoms with Gasteiger partial charge in [0.05, 0.1) is 12.1 Å². The SMILES string of the molecule is NC(N)=Nc1cccc(C(=O)Nc2ccc(SC(CC(=O)O)c3ccccc3)cc2)c1. The summed E-state index contributed by atoms with van der Waals surface area (Å²) < 4.78 is 0. The number of amides is 1.